The molecule has 1 heterocycles. The van der Waals surface area contributed by atoms with Crippen molar-refractivity contribution in [1.29, 1.82) is 5.26 Å². The van der Waals surface area contributed by atoms with Crippen LogP contribution < -0.4 is 0 Å². The Bertz CT molecular complexity index is 255. The minimum Gasteiger partial charge on any atom is -0.458 e. The summed E-state index contributed by atoms with van der Waals surface area (Å²) in [7, 11) is 0. The van der Waals surface area contributed by atoms with E-state index in [1.54, 1.807) is 0 Å². The van der Waals surface area contributed by atoms with Gasteiger partial charge in [0, 0.05) is 6.42 Å². The molecule has 0 bridgehead atoms. The van der Waals surface area contributed by atoms with Gasteiger partial charge in [-0.05, 0) is 13.3 Å². The lowest BCUT2D eigenvalue weighted by atomic mass is 9.87. The van der Waals surface area contributed by atoms with Gasteiger partial charge in [-0.3, -0.25) is 4.79 Å². The first-order valence-electron chi connectivity index (χ1n) is 3.78. The van der Waals surface area contributed by atoms with Gasteiger partial charge >= 0.3 is 5.97 Å². The zero-order chi connectivity index (χ0) is 8.06. The van der Waals surface area contributed by atoms with Crippen LogP contribution in [0.1, 0.15) is 19.8 Å². The molecule has 1 saturated carbocycles. The molecule has 0 N–H and O–H groups in total. The van der Waals surface area contributed by atoms with Crippen LogP contribution in [-0.2, 0) is 9.53 Å². The maximum Gasteiger partial charge on any atom is 0.313 e. The first kappa shape index (κ1) is 6.66. The van der Waals surface area contributed by atoms with E-state index < -0.39 is 0 Å². The molecule has 0 aromatic heterocycles. The predicted molar refractivity (Wildman–Crippen MR) is 36.3 cm³/mol. The zero-order valence-electron chi connectivity index (χ0n) is 6.33. The number of ether oxygens (including phenoxy) is 1. The summed E-state index contributed by atoms with van der Waals surface area (Å²) in [6.45, 7) is 1.91. The molecule has 1 saturated heterocycles. The Kier molecular flexibility index (Phi) is 1.07. The second kappa shape index (κ2) is 1.76. The van der Waals surface area contributed by atoms with Crippen molar-refractivity contribution in [3.8, 4) is 6.07 Å². The number of carbonyl (C=O) groups is 1. The minimum absolute atomic E-state index is 0.00662. The SMILES string of the molecule is C[C@]12C[C@@H](C#N)C[C@H]1C(=O)O2. The van der Waals surface area contributed by atoms with Crippen LogP contribution in [0, 0.1) is 23.2 Å². The average Bonchev–Trinajstić information content (AvgIpc) is 2.22. The van der Waals surface area contributed by atoms with E-state index in [0.29, 0.717) is 6.42 Å². The number of carbonyl (C=O) groups excluding carboxylic acids is 1. The highest BCUT2D eigenvalue weighted by Crippen LogP contribution is 2.49. The van der Waals surface area contributed by atoms with Gasteiger partial charge in [-0.15, -0.1) is 0 Å². The first-order valence-corrected chi connectivity index (χ1v) is 3.78. The van der Waals surface area contributed by atoms with Crippen LogP contribution in [0.25, 0.3) is 0 Å². The highest BCUT2D eigenvalue weighted by molar-refractivity contribution is 5.80. The van der Waals surface area contributed by atoms with Gasteiger partial charge in [-0.1, -0.05) is 0 Å². The van der Waals surface area contributed by atoms with Crippen molar-refractivity contribution in [2.24, 2.45) is 11.8 Å². The van der Waals surface area contributed by atoms with Crippen LogP contribution in [0.15, 0.2) is 0 Å². The summed E-state index contributed by atoms with van der Waals surface area (Å²) in [5.74, 6) is -0.0890. The van der Waals surface area contributed by atoms with E-state index in [1.165, 1.54) is 0 Å². The molecule has 0 amide bonds. The Balaban J connectivity index is 2.18. The van der Waals surface area contributed by atoms with Crippen LogP contribution in [0.2, 0.25) is 0 Å². The van der Waals surface area contributed by atoms with Crippen molar-refractivity contribution in [3.05, 3.63) is 0 Å². The minimum atomic E-state index is -0.294. The molecule has 1 aliphatic heterocycles. The molecule has 3 heteroatoms. The van der Waals surface area contributed by atoms with Crippen molar-refractivity contribution >= 4 is 5.97 Å². The molecule has 2 rings (SSSR count). The lowest BCUT2D eigenvalue weighted by molar-refractivity contribution is -0.201. The van der Waals surface area contributed by atoms with E-state index in [0.717, 1.165) is 6.42 Å². The molecule has 3 atom stereocenters. The molecule has 0 unspecified atom stereocenters. The summed E-state index contributed by atoms with van der Waals surface area (Å²) in [5.41, 5.74) is -0.294. The van der Waals surface area contributed by atoms with Gasteiger partial charge in [0.1, 0.15) is 5.60 Å². The van der Waals surface area contributed by atoms with Crippen LogP contribution >= 0.6 is 0 Å². The topological polar surface area (TPSA) is 50.1 Å². The molecule has 0 radical (unpaired) electrons. The number of hydrogen-bond acceptors (Lipinski definition) is 3. The summed E-state index contributed by atoms with van der Waals surface area (Å²) in [5, 5.41) is 8.61. The predicted octanol–water partition coefficient (Wildman–Crippen LogP) is 0.852. The molecule has 0 aromatic carbocycles. The quantitative estimate of drug-likeness (QED) is 0.482. The number of nitriles is 1. The van der Waals surface area contributed by atoms with Crippen molar-refractivity contribution in [2.75, 3.05) is 0 Å². The number of rotatable bonds is 0. The van der Waals surface area contributed by atoms with E-state index in [4.69, 9.17) is 10.00 Å². The van der Waals surface area contributed by atoms with Gasteiger partial charge in [-0.2, -0.15) is 5.26 Å². The second-order valence-corrected chi connectivity index (χ2v) is 3.55. The Morgan fingerprint density at radius 1 is 1.82 bits per heavy atom. The molecule has 2 aliphatic rings. The molecule has 2 fully saturated rings. The molecule has 0 spiro atoms. The Morgan fingerprint density at radius 2 is 2.55 bits per heavy atom. The van der Waals surface area contributed by atoms with E-state index in [1.807, 2.05) is 6.92 Å². The van der Waals surface area contributed by atoms with E-state index in [2.05, 4.69) is 6.07 Å². The van der Waals surface area contributed by atoms with Crippen LogP contribution in [0.5, 0.6) is 0 Å². The lowest BCUT2D eigenvalue weighted by Gasteiger charge is -2.39. The molecule has 1 aliphatic carbocycles. The Hall–Kier alpha value is -1.04. The summed E-state index contributed by atoms with van der Waals surface area (Å²) in [6.07, 6.45) is 1.42. The number of fused-ring (bicyclic) bond motifs is 1. The third kappa shape index (κ3) is 0.697. The summed E-state index contributed by atoms with van der Waals surface area (Å²) in [6, 6.07) is 2.18. The maximum absolute atomic E-state index is 10.8. The van der Waals surface area contributed by atoms with E-state index >= 15 is 0 Å². The van der Waals surface area contributed by atoms with Crippen LogP contribution in [0.3, 0.4) is 0 Å². The molecular weight excluding hydrogens is 142 g/mol. The molecular formula is C8H9NO2. The number of hydrogen-bond donors (Lipinski definition) is 0. The second-order valence-electron chi connectivity index (χ2n) is 3.55. The third-order valence-corrected chi connectivity index (χ3v) is 2.71. The zero-order valence-corrected chi connectivity index (χ0v) is 6.33. The van der Waals surface area contributed by atoms with Crippen molar-refractivity contribution < 1.29 is 9.53 Å². The average molecular weight is 151 g/mol. The van der Waals surface area contributed by atoms with Gasteiger partial charge in [0.05, 0.1) is 17.9 Å². The number of nitrogens with zero attached hydrogens (tertiary/aromatic N) is 1. The smallest absolute Gasteiger partial charge is 0.313 e. The third-order valence-electron chi connectivity index (χ3n) is 2.71. The number of esters is 1. The normalized spacial score (nSPS) is 47.1. The summed E-state index contributed by atoms with van der Waals surface area (Å²) >= 11 is 0. The van der Waals surface area contributed by atoms with Crippen LogP contribution in [0.4, 0.5) is 0 Å². The molecule has 58 valence electrons. The largest absolute Gasteiger partial charge is 0.458 e. The first-order chi connectivity index (χ1) is 5.15. The van der Waals surface area contributed by atoms with Gasteiger partial charge in [-0.25, -0.2) is 0 Å². The standard InChI is InChI=1S/C8H9NO2/c1-8-3-5(4-9)2-6(8)7(10)11-8/h5-6H,2-3H2,1H3/t5-,6-,8-/m0/s1. The molecule has 0 aromatic rings. The van der Waals surface area contributed by atoms with Gasteiger partial charge < -0.3 is 4.74 Å². The van der Waals surface area contributed by atoms with Crippen LogP contribution in [-0.4, -0.2) is 11.6 Å². The summed E-state index contributed by atoms with van der Waals surface area (Å²) in [4.78, 5) is 10.8. The Morgan fingerprint density at radius 3 is 3.00 bits per heavy atom. The lowest BCUT2D eigenvalue weighted by Crippen LogP contribution is -2.51. The van der Waals surface area contributed by atoms with E-state index in [-0.39, 0.29) is 23.4 Å². The molecule has 11 heavy (non-hydrogen) atoms. The fourth-order valence-electron chi connectivity index (χ4n) is 2.05. The molecule has 3 nitrogen and oxygen atoms in total. The summed E-state index contributed by atoms with van der Waals surface area (Å²) < 4.78 is 4.99. The maximum atomic E-state index is 10.8. The Labute approximate surface area is 64.9 Å². The van der Waals surface area contributed by atoms with Gasteiger partial charge in [0.2, 0.25) is 0 Å². The van der Waals surface area contributed by atoms with Gasteiger partial charge in [0.25, 0.3) is 0 Å². The van der Waals surface area contributed by atoms with Crippen molar-refractivity contribution in [2.45, 2.75) is 25.4 Å². The van der Waals surface area contributed by atoms with E-state index in [9.17, 15) is 4.79 Å². The fraction of sp³-hybridized carbons (Fsp3) is 0.750. The van der Waals surface area contributed by atoms with Crippen molar-refractivity contribution in [1.82, 2.24) is 0 Å². The monoisotopic (exact) mass is 151 g/mol. The highest BCUT2D eigenvalue weighted by atomic mass is 16.6. The van der Waals surface area contributed by atoms with Crippen molar-refractivity contribution in [3.63, 3.8) is 0 Å². The highest BCUT2D eigenvalue weighted by Gasteiger charge is 2.59. The fourth-order valence-corrected chi connectivity index (χ4v) is 2.05. The van der Waals surface area contributed by atoms with Gasteiger partial charge in [0.15, 0.2) is 0 Å².